The quantitative estimate of drug-likeness (QED) is 0.0860. The van der Waals surface area contributed by atoms with Crippen LogP contribution >= 0.6 is 0 Å². The zero-order valence-corrected chi connectivity index (χ0v) is 34.2. The fourth-order valence-electron chi connectivity index (χ4n) is 8.09. The molecule has 2 aliphatic carbocycles. The molecule has 8 rings (SSSR count). The largest absolute Gasteiger partial charge is 1.00 e. The molecule has 0 atom stereocenters. The van der Waals surface area contributed by atoms with Crippen LogP contribution in [0.25, 0.3) is 66.7 Å². The molecule has 2 aliphatic heterocycles. The highest BCUT2D eigenvalue weighted by atomic mass is 35.5. The van der Waals surface area contributed by atoms with E-state index in [-0.39, 0.29) is 18.3 Å². The van der Waals surface area contributed by atoms with Gasteiger partial charge in [-0.3, -0.25) is 4.79 Å². The molecule has 2 heterocycles. The molecular formula is C48H48ClN5O3. The van der Waals surface area contributed by atoms with Gasteiger partial charge in [0.15, 0.2) is 11.3 Å². The molecule has 4 aromatic carbocycles. The summed E-state index contributed by atoms with van der Waals surface area (Å²) in [5.41, 5.74) is 8.29. The number of amides is 1. The van der Waals surface area contributed by atoms with Crippen molar-refractivity contribution in [2.75, 3.05) is 49.1 Å². The van der Waals surface area contributed by atoms with Gasteiger partial charge in [0.25, 0.3) is 5.91 Å². The summed E-state index contributed by atoms with van der Waals surface area (Å²) >= 11 is 0. The number of nitrogens with zero attached hydrogens (tertiary/aromatic N) is 5. The Kier molecular flexibility index (Phi) is 11.4. The number of benzene rings is 6. The van der Waals surface area contributed by atoms with Gasteiger partial charge in [0.1, 0.15) is 35.6 Å². The van der Waals surface area contributed by atoms with E-state index >= 15 is 0 Å². The summed E-state index contributed by atoms with van der Waals surface area (Å²) in [6.45, 7) is 18.2. The Balaban J connectivity index is 0.00000496. The summed E-state index contributed by atoms with van der Waals surface area (Å²) in [4.78, 5) is 29.1. The molecular weight excluding hydrogens is 730 g/mol. The molecule has 290 valence electrons. The number of rotatable bonds is 10. The SMILES string of the molecule is CCN(CC)c1ccc2nc3c4ccccc4c(=NC(=O)c4ccccc4-c4c5ccc(=[N+](CC)CC)cc-5oc5cc(N(CC)CC)ccc45)cc-3oc2c1.[Cl-]. The first-order valence-electron chi connectivity index (χ1n) is 19.9. The second-order valence-electron chi connectivity index (χ2n) is 14.0. The highest BCUT2D eigenvalue weighted by Gasteiger charge is 2.24. The molecule has 0 bridgehead atoms. The molecule has 57 heavy (non-hydrogen) atoms. The molecule has 9 heteroatoms. The maximum atomic E-state index is 14.6. The van der Waals surface area contributed by atoms with Crippen molar-refractivity contribution in [3.8, 4) is 33.9 Å². The standard InChI is InChI=1S/C48H48N5O3.ClH/c1-7-51(8-2)31-21-24-38-42(27-31)55-43-28-32(52(9-3)10-4)22-25-39(43)46(38)35-18-14-16-20-37(35)48(54)50-41-30-45-47(36-19-15-13-17-34(36)41)49-40-26-23-33(29-44(40)56-45)53(11-5)12-6;/h13-30H,7-12H2,1-6H3;1H/q+1;/p-1. The molecule has 4 aromatic rings. The molecule has 1 amide bonds. The van der Waals surface area contributed by atoms with Crippen LogP contribution in [0.15, 0.2) is 123 Å². The Morgan fingerprint density at radius 3 is 1.96 bits per heavy atom. The van der Waals surface area contributed by atoms with Crippen molar-refractivity contribution in [2.24, 2.45) is 4.99 Å². The molecule has 0 saturated carbocycles. The fourth-order valence-corrected chi connectivity index (χ4v) is 8.09. The number of hydrogen-bond acceptors (Lipinski definition) is 6. The second kappa shape index (κ2) is 16.6. The number of fused-ring (bicyclic) bond motifs is 6. The number of anilines is 2. The molecule has 8 nitrogen and oxygen atoms in total. The van der Waals surface area contributed by atoms with Crippen molar-refractivity contribution in [1.82, 2.24) is 9.56 Å². The number of carbonyl (C=O) groups excluding carboxylic acids is 1. The molecule has 0 aromatic heterocycles. The van der Waals surface area contributed by atoms with Crippen LogP contribution in [0.5, 0.6) is 0 Å². The minimum atomic E-state index is -0.343. The van der Waals surface area contributed by atoms with Gasteiger partial charge < -0.3 is 31.0 Å². The zero-order valence-electron chi connectivity index (χ0n) is 33.5. The Morgan fingerprint density at radius 2 is 1.26 bits per heavy atom. The van der Waals surface area contributed by atoms with Crippen LogP contribution in [0.2, 0.25) is 0 Å². The van der Waals surface area contributed by atoms with Gasteiger partial charge in [0.05, 0.1) is 11.4 Å². The third-order valence-corrected chi connectivity index (χ3v) is 11.1. The van der Waals surface area contributed by atoms with E-state index in [4.69, 9.17) is 18.8 Å². The van der Waals surface area contributed by atoms with Crippen molar-refractivity contribution in [2.45, 2.75) is 41.5 Å². The molecule has 4 aliphatic rings. The molecule has 0 spiro atoms. The Hall–Kier alpha value is -5.99. The lowest BCUT2D eigenvalue weighted by molar-refractivity contribution is -0.0000202. The van der Waals surface area contributed by atoms with Crippen LogP contribution in [-0.4, -0.2) is 50.2 Å². The Bertz CT molecular complexity index is 2830. The van der Waals surface area contributed by atoms with Gasteiger partial charge >= 0.3 is 0 Å². The average molecular weight is 778 g/mol. The van der Waals surface area contributed by atoms with E-state index in [1.165, 1.54) is 0 Å². The van der Waals surface area contributed by atoms with Crippen molar-refractivity contribution >= 4 is 50.1 Å². The summed E-state index contributed by atoms with van der Waals surface area (Å²) in [7, 11) is 0. The lowest BCUT2D eigenvalue weighted by Crippen LogP contribution is -3.00. The van der Waals surface area contributed by atoms with Gasteiger partial charge in [-0.25, -0.2) is 14.6 Å². The number of hydrogen-bond donors (Lipinski definition) is 0. The zero-order chi connectivity index (χ0) is 38.9. The first kappa shape index (κ1) is 39.3. The third-order valence-electron chi connectivity index (χ3n) is 11.1. The molecule has 0 N–H and O–H groups in total. The number of aromatic nitrogens is 1. The maximum Gasteiger partial charge on any atom is 0.278 e. The predicted octanol–water partition coefficient (Wildman–Crippen LogP) is 6.85. The maximum absolute atomic E-state index is 14.6. The van der Waals surface area contributed by atoms with Gasteiger partial charge in [-0.2, -0.15) is 0 Å². The van der Waals surface area contributed by atoms with Crippen LogP contribution in [0.4, 0.5) is 11.4 Å². The molecule has 0 unspecified atom stereocenters. The normalized spacial score (nSPS) is 11.8. The fraction of sp³-hybridized carbons (Fsp3) is 0.250. The van der Waals surface area contributed by atoms with Crippen LogP contribution in [-0.2, 0) is 0 Å². The van der Waals surface area contributed by atoms with Gasteiger partial charge in [-0.1, -0.05) is 42.5 Å². The van der Waals surface area contributed by atoms with Crippen LogP contribution < -0.4 is 37.5 Å². The highest BCUT2D eigenvalue weighted by Crippen LogP contribution is 2.42. The average Bonchev–Trinajstić information content (AvgIpc) is 3.23. The summed E-state index contributed by atoms with van der Waals surface area (Å²) < 4.78 is 15.6. The minimum Gasteiger partial charge on any atom is -1.00 e. The van der Waals surface area contributed by atoms with Crippen molar-refractivity contribution in [3.63, 3.8) is 0 Å². The predicted molar refractivity (Wildman–Crippen MR) is 230 cm³/mol. The Labute approximate surface area is 339 Å². The van der Waals surface area contributed by atoms with E-state index in [9.17, 15) is 4.79 Å². The topological polar surface area (TPSA) is 78.1 Å². The second-order valence-corrected chi connectivity index (χ2v) is 14.0. The highest BCUT2D eigenvalue weighted by molar-refractivity contribution is 6.10. The molecule has 0 fully saturated rings. The van der Waals surface area contributed by atoms with E-state index in [0.717, 1.165) is 111 Å². The molecule has 0 radical (unpaired) electrons. The van der Waals surface area contributed by atoms with Gasteiger partial charge in [0, 0.05) is 94.7 Å². The van der Waals surface area contributed by atoms with Crippen LogP contribution in [0, 0.1) is 0 Å². The lowest BCUT2D eigenvalue weighted by Gasteiger charge is -2.22. The van der Waals surface area contributed by atoms with Crippen molar-refractivity contribution in [1.29, 1.82) is 0 Å². The first-order chi connectivity index (χ1) is 27.4. The summed E-state index contributed by atoms with van der Waals surface area (Å²) in [5.74, 6) is 0.991. The summed E-state index contributed by atoms with van der Waals surface area (Å²) in [6.07, 6.45) is 0. The van der Waals surface area contributed by atoms with Crippen LogP contribution in [0.1, 0.15) is 51.9 Å². The van der Waals surface area contributed by atoms with Crippen molar-refractivity contribution < 1.29 is 26.0 Å². The minimum absolute atomic E-state index is 0. The van der Waals surface area contributed by atoms with E-state index < -0.39 is 0 Å². The number of carbonyl (C=O) groups is 1. The number of halogens is 1. The van der Waals surface area contributed by atoms with Crippen LogP contribution in [0.3, 0.4) is 0 Å². The summed E-state index contributed by atoms with van der Waals surface area (Å²) in [5, 5.41) is 4.26. The lowest BCUT2D eigenvalue weighted by atomic mass is 9.90. The first-order valence-corrected chi connectivity index (χ1v) is 19.9. The van der Waals surface area contributed by atoms with E-state index in [1.807, 2.05) is 66.7 Å². The van der Waals surface area contributed by atoms with E-state index in [1.54, 1.807) is 0 Å². The Morgan fingerprint density at radius 1 is 0.632 bits per heavy atom. The smallest absolute Gasteiger partial charge is 0.278 e. The van der Waals surface area contributed by atoms with Gasteiger partial charge in [-0.15, -0.1) is 0 Å². The van der Waals surface area contributed by atoms with Gasteiger partial charge in [0.2, 0.25) is 5.36 Å². The molecule has 0 saturated heterocycles. The van der Waals surface area contributed by atoms with Crippen molar-refractivity contribution in [3.05, 3.63) is 125 Å². The summed E-state index contributed by atoms with van der Waals surface area (Å²) in [6, 6.07) is 36.5. The monoisotopic (exact) mass is 777 g/mol. The van der Waals surface area contributed by atoms with E-state index in [2.05, 4.69) is 98.4 Å². The van der Waals surface area contributed by atoms with Gasteiger partial charge in [-0.05, 0) is 83.5 Å². The third kappa shape index (κ3) is 7.15. The van der Waals surface area contributed by atoms with E-state index in [0.29, 0.717) is 22.3 Å².